The molecule has 0 spiro atoms. The Balaban J connectivity index is 2.28. The summed E-state index contributed by atoms with van der Waals surface area (Å²) < 4.78 is 6.12. The van der Waals surface area contributed by atoms with Crippen molar-refractivity contribution >= 4 is 21.8 Å². The van der Waals surface area contributed by atoms with Gasteiger partial charge in [-0.15, -0.1) is 0 Å². The van der Waals surface area contributed by atoms with Crippen LogP contribution in [0.5, 0.6) is 0 Å². The van der Waals surface area contributed by atoms with Crippen LogP contribution in [-0.4, -0.2) is 23.9 Å². The predicted octanol–water partition coefficient (Wildman–Crippen LogP) is 1.66. The normalized spacial score (nSPS) is 27.1. The van der Waals surface area contributed by atoms with E-state index in [1.807, 2.05) is 12.1 Å². The van der Waals surface area contributed by atoms with Crippen molar-refractivity contribution in [2.24, 2.45) is 5.73 Å². The minimum atomic E-state index is -0.141. The predicted molar refractivity (Wildman–Crippen MR) is 59.1 cm³/mol. The van der Waals surface area contributed by atoms with Crippen molar-refractivity contribution in [2.75, 3.05) is 7.05 Å². The van der Waals surface area contributed by atoms with Crippen LogP contribution in [0.1, 0.15) is 24.6 Å². The van der Waals surface area contributed by atoms with Gasteiger partial charge in [-0.3, -0.25) is 4.79 Å². The molecule has 0 bridgehead atoms. The second kappa shape index (κ2) is 3.98. The zero-order valence-corrected chi connectivity index (χ0v) is 10.0. The molecule has 0 aliphatic carbocycles. The van der Waals surface area contributed by atoms with E-state index < -0.39 is 0 Å². The average Bonchev–Trinajstić information content (AvgIpc) is 2.59. The molecule has 1 aliphatic rings. The molecule has 5 heteroatoms. The largest absolute Gasteiger partial charge is 0.452 e. The first-order valence-electron chi connectivity index (χ1n) is 4.86. The molecular weight excluding hydrogens is 260 g/mol. The van der Waals surface area contributed by atoms with Crippen molar-refractivity contribution in [1.29, 1.82) is 0 Å². The molecule has 1 fully saturated rings. The van der Waals surface area contributed by atoms with Crippen LogP contribution in [0.3, 0.4) is 0 Å². The molecule has 1 aromatic heterocycles. The Bertz CT molecular complexity index is 377. The number of rotatable bonds is 1. The Morgan fingerprint density at radius 2 is 2.33 bits per heavy atom. The molecule has 2 N–H and O–H groups in total. The number of amides is 1. The van der Waals surface area contributed by atoms with Crippen LogP contribution in [0.4, 0.5) is 0 Å². The van der Waals surface area contributed by atoms with Gasteiger partial charge in [0.15, 0.2) is 4.67 Å². The lowest BCUT2D eigenvalue weighted by molar-refractivity contribution is -0.136. The van der Waals surface area contributed by atoms with Crippen LogP contribution >= 0.6 is 15.9 Å². The van der Waals surface area contributed by atoms with Crippen molar-refractivity contribution in [3.05, 3.63) is 22.6 Å². The number of hydrogen-bond acceptors (Lipinski definition) is 3. The molecular formula is C10H13BrN2O2. The highest BCUT2D eigenvalue weighted by Gasteiger charge is 2.34. The lowest BCUT2D eigenvalue weighted by atomic mass is 9.95. The number of hydrogen-bond donors (Lipinski definition) is 1. The first-order valence-corrected chi connectivity index (χ1v) is 5.65. The number of carbonyl (C=O) groups is 1. The van der Waals surface area contributed by atoms with Gasteiger partial charge in [0, 0.05) is 19.5 Å². The van der Waals surface area contributed by atoms with Crippen molar-refractivity contribution in [2.45, 2.75) is 24.9 Å². The highest BCUT2D eigenvalue weighted by Crippen LogP contribution is 2.31. The Labute approximate surface area is 96.5 Å². The zero-order valence-electron chi connectivity index (χ0n) is 8.44. The van der Waals surface area contributed by atoms with Gasteiger partial charge in [0.05, 0.1) is 0 Å². The highest BCUT2D eigenvalue weighted by molar-refractivity contribution is 9.10. The van der Waals surface area contributed by atoms with E-state index in [9.17, 15) is 4.79 Å². The number of carbonyl (C=O) groups excluding carboxylic acids is 1. The fourth-order valence-corrected chi connectivity index (χ4v) is 2.27. The van der Waals surface area contributed by atoms with E-state index >= 15 is 0 Å². The first-order chi connectivity index (χ1) is 7.09. The maximum Gasteiger partial charge on any atom is 0.223 e. The summed E-state index contributed by atoms with van der Waals surface area (Å²) in [5.74, 6) is 0.860. The van der Waals surface area contributed by atoms with Gasteiger partial charge in [0.2, 0.25) is 5.91 Å². The number of piperidine rings is 1. The summed E-state index contributed by atoms with van der Waals surface area (Å²) >= 11 is 3.24. The van der Waals surface area contributed by atoms with Gasteiger partial charge in [0.25, 0.3) is 0 Å². The lowest BCUT2D eigenvalue weighted by Gasteiger charge is -2.35. The van der Waals surface area contributed by atoms with Gasteiger partial charge in [-0.1, -0.05) is 0 Å². The molecule has 82 valence electrons. The second-order valence-electron chi connectivity index (χ2n) is 3.79. The maximum atomic E-state index is 11.5. The van der Waals surface area contributed by atoms with E-state index in [1.165, 1.54) is 0 Å². The fraction of sp³-hybridized carbons (Fsp3) is 0.500. The molecule has 1 saturated heterocycles. The number of furan rings is 1. The molecule has 0 aromatic carbocycles. The molecule has 15 heavy (non-hydrogen) atoms. The number of halogens is 1. The summed E-state index contributed by atoms with van der Waals surface area (Å²) in [5, 5.41) is 0. The van der Waals surface area contributed by atoms with Gasteiger partial charge < -0.3 is 15.1 Å². The van der Waals surface area contributed by atoms with Gasteiger partial charge in [0.1, 0.15) is 11.8 Å². The number of nitrogens with zero attached hydrogens (tertiary/aromatic N) is 1. The molecule has 0 saturated carbocycles. The number of likely N-dealkylation sites (N-methyl/N-ethyl adjacent to an activating group) is 1. The Morgan fingerprint density at radius 3 is 2.93 bits per heavy atom. The van der Waals surface area contributed by atoms with Crippen LogP contribution in [-0.2, 0) is 4.79 Å². The first kappa shape index (κ1) is 10.7. The van der Waals surface area contributed by atoms with E-state index in [1.54, 1.807) is 11.9 Å². The number of likely N-dealkylation sites (tertiary alicyclic amines) is 1. The molecule has 2 heterocycles. The van der Waals surface area contributed by atoms with Gasteiger partial charge >= 0.3 is 0 Å². The third kappa shape index (κ3) is 1.94. The minimum Gasteiger partial charge on any atom is -0.452 e. The number of nitrogens with two attached hydrogens (primary N) is 1. The quantitative estimate of drug-likeness (QED) is 0.846. The van der Waals surface area contributed by atoms with Crippen LogP contribution in [0.2, 0.25) is 0 Å². The van der Waals surface area contributed by atoms with Crippen molar-refractivity contribution in [3.8, 4) is 0 Å². The summed E-state index contributed by atoms with van der Waals surface area (Å²) in [6.07, 6.45) is 1.24. The molecule has 1 amide bonds. The van der Waals surface area contributed by atoms with Crippen molar-refractivity contribution < 1.29 is 9.21 Å². The highest BCUT2D eigenvalue weighted by atomic mass is 79.9. The molecule has 0 radical (unpaired) electrons. The SMILES string of the molecule is CN1C(=O)CCC(N)C1c1ccc(Br)o1. The van der Waals surface area contributed by atoms with Crippen LogP contribution in [0.15, 0.2) is 21.2 Å². The Morgan fingerprint density at radius 1 is 1.60 bits per heavy atom. The van der Waals surface area contributed by atoms with Gasteiger partial charge in [-0.05, 0) is 34.5 Å². The Kier molecular flexibility index (Phi) is 2.84. The van der Waals surface area contributed by atoms with E-state index in [0.29, 0.717) is 17.5 Å². The third-order valence-corrected chi connectivity index (χ3v) is 3.22. The van der Waals surface area contributed by atoms with Crippen molar-refractivity contribution in [1.82, 2.24) is 4.90 Å². The average molecular weight is 273 g/mol. The van der Waals surface area contributed by atoms with Crippen LogP contribution < -0.4 is 5.73 Å². The van der Waals surface area contributed by atoms with E-state index in [2.05, 4.69) is 15.9 Å². The third-order valence-electron chi connectivity index (χ3n) is 2.79. The van der Waals surface area contributed by atoms with E-state index in [0.717, 1.165) is 5.76 Å². The topological polar surface area (TPSA) is 59.5 Å². The van der Waals surface area contributed by atoms with Crippen LogP contribution in [0.25, 0.3) is 0 Å². The summed E-state index contributed by atoms with van der Waals surface area (Å²) in [4.78, 5) is 13.2. The van der Waals surface area contributed by atoms with Gasteiger partial charge in [-0.2, -0.15) is 0 Å². The van der Waals surface area contributed by atoms with Gasteiger partial charge in [-0.25, -0.2) is 0 Å². The molecule has 2 unspecified atom stereocenters. The standard InChI is InChI=1S/C10H13BrN2O2/c1-13-9(14)5-2-6(12)10(13)7-3-4-8(11)15-7/h3-4,6,10H,2,5,12H2,1H3. The monoisotopic (exact) mass is 272 g/mol. The summed E-state index contributed by atoms with van der Waals surface area (Å²) in [7, 11) is 1.77. The lowest BCUT2D eigenvalue weighted by Crippen LogP contribution is -2.46. The molecule has 1 aromatic rings. The zero-order chi connectivity index (χ0) is 11.0. The summed E-state index contributed by atoms with van der Waals surface area (Å²) in [5.41, 5.74) is 6.00. The summed E-state index contributed by atoms with van der Waals surface area (Å²) in [6.45, 7) is 0. The smallest absolute Gasteiger partial charge is 0.223 e. The summed E-state index contributed by atoms with van der Waals surface area (Å²) in [6, 6.07) is 3.47. The Hall–Kier alpha value is -0.810. The van der Waals surface area contributed by atoms with E-state index in [4.69, 9.17) is 10.2 Å². The maximum absolute atomic E-state index is 11.5. The van der Waals surface area contributed by atoms with Crippen molar-refractivity contribution in [3.63, 3.8) is 0 Å². The molecule has 4 nitrogen and oxygen atoms in total. The fourth-order valence-electron chi connectivity index (χ4n) is 1.96. The van der Waals surface area contributed by atoms with E-state index in [-0.39, 0.29) is 18.0 Å². The minimum absolute atomic E-state index is 0.0502. The molecule has 1 aliphatic heterocycles. The molecule has 2 rings (SSSR count). The molecule has 2 atom stereocenters. The van der Waals surface area contributed by atoms with Crippen LogP contribution in [0, 0.1) is 0 Å². The second-order valence-corrected chi connectivity index (χ2v) is 4.58.